The average Bonchev–Trinajstić information content (AvgIpc) is 3.28. The maximum Gasteiger partial charge on any atom is 0.0760 e. The third kappa shape index (κ3) is 2.67. The van der Waals surface area contributed by atoms with Crippen LogP contribution in [0.4, 0.5) is 0 Å². The lowest BCUT2D eigenvalue weighted by atomic mass is 9.79. The van der Waals surface area contributed by atoms with E-state index in [0.29, 0.717) is 11.8 Å². The second-order valence-corrected chi connectivity index (χ2v) is 5.88. The van der Waals surface area contributed by atoms with Gasteiger partial charge in [0.2, 0.25) is 0 Å². The number of aryl methyl sites for hydroxylation is 1. The summed E-state index contributed by atoms with van der Waals surface area (Å²) >= 11 is 0. The number of ether oxygens (including phenoxy) is 1. The lowest BCUT2D eigenvalue weighted by molar-refractivity contribution is 0.0204. The summed E-state index contributed by atoms with van der Waals surface area (Å²) in [5.41, 5.74) is 9.19. The molecule has 0 radical (unpaired) electrons. The van der Waals surface area contributed by atoms with Gasteiger partial charge < -0.3 is 10.5 Å². The van der Waals surface area contributed by atoms with Crippen molar-refractivity contribution in [2.24, 2.45) is 11.7 Å². The molecule has 0 saturated heterocycles. The van der Waals surface area contributed by atoms with E-state index in [1.165, 1.54) is 30.5 Å². The maximum atomic E-state index is 6.57. The third-order valence-corrected chi connectivity index (χ3v) is 4.53. The molecular formula is C16H24N2O. The monoisotopic (exact) mass is 260 g/mol. The van der Waals surface area contributed by atoms with Gasteiger partial charge in [-0.25, -0.2) is 0 Å². The predicted octanol–water partition coefficient (Wildman–Crippen LogP) is 2.64. The van der Waals surface area contributed by atoms with Crippen LogP contribution in [0.5, 0.6) is 0 Å². The van der Waals surface area contributed by atoms with E-state index < -0.39 is 0 Å². The molecule has 0 aliphatic heterocycles. The Morgan fingerprint density at radius 1 is 1.42 bits per heavy atom. The van der Waals surface area contributed by atoms with Gasteiger partial charge in [0, 0.05) is 30.5 Å². The molecule has 2 N–H and O–H groups in total. The Hall–Kier alpha value is -0.930. The fraction of sp³-hybridized carbons (Fsp3) is 0.688. The molecule has 1 fully saturated rings. The standard InChI is InChI=1S/C16H24N2O/c1-2-19-16(12-8-9-12)14(17)13-7-3-5-11-6-4-10-18-15(11)13/h4,6,10,12-14,16H,2-3,5,7-9,17H2,1H3. The quantitative estimate of drug-likeness (QED) is 0.885. The molecule has 3 nitrogen and oxygen atoms in total. The molecule has 19 heavy (non-hydrogen) atoms. The average molecular weight is 260 g/mol. The van der Waals surface area contributed by atoms with Crippen molar-refractivity contribution in [2.75, 3.05) is 6.61 Å². The van der Waals surface area contributed by atoms with Crippen LogP contribution in [0.1, 0.15) is 49.8 Å². The van der Waals surface area contributed by atoms with Gasteiger partial charge in [-0.05, 0) is 56.6 Å². The van der Waals surface area contributed by atoms with Crippen molar-refractivity contribution in [3.05, 3.63) is 29.6 Å². The first-order chi connectivity index (χ1) is 9.31. The van der Waals surface area contributed by atoms with E-state index in [9.17, 15) is 0 Å². The van der Waals surface area contributed by atoms with Crippen LogP contribution in [0.3, 0.4) is 0 Å². The number of hydrogen-bond acceptors (Lipinski definition) is 3. The van der Waals surface area contributed by atoms with Crippen LogP contribution in [0.2, 0.25) is 0 Å². The van der Waals surface area contributed by atoms with E-state index in [2.05, 4.69) is 18.0 Å². The highest BCUT2D eigenvalue weighted by molar-refractivity contribution is 5.27. The molecular weight excluding hydrogens is 236 g/mol. The molecule has 2 aliphatic rings. The summed E-state index contributed by atoms with van der Waals surface area (Å²) in [4.78, 5) is 4.61. The van der Waals surface area contributed by atoms with E-state index in [4.69, 9.17) is 10.5 Å². The van der Waals surface area contributed by atoms with Crippen molar-refractivity contribution < 1.29 is 4.74 Å². The van der Waals surface area contributed by atoms with Crippen molar-refractivity contribution in [3.63, 3.8) is 0 Å². The van der Waals surface area contributed by atoms with E-state index in [-0.39, 0.29) is 12.1 Å². The molecule has 0 bridgehead atoms. The van der Waals surface area contributed by atoms with Gasteiger partial charge in [0.1, 0.15) is 0 Å². The molecule has 3 unspecified atom stereocenters. The fourth-order valence-corrected chi connectivity index (χ4v) is 3.43. The highest BCUT2D eigenvalue weighted by Crippen LogP contribution is 2.41. The van der Waals surface area contributed by atoms with E-state index in [1.807, 2.05) is 12.3 Å². The van der Waals surface area contributed by atoms with E-state index >= 15 is 0 Å². The van der Waals surface area contributed by atoms with Gasteiger partial charge in [0.25, 0.3) is 0 Å². The summed E-state index contributed by atoms with van der Waals surface area (Å²) in [5.74, 6) is 1.06. The minimum absolute atomic E-state index is 0.0985. The largest absolute Gasteiger partial charge is 0.377 e. The van der Waals surface area contributed by atoms with Gasteiger partial charge in [0.05, 0.1) is 6.10 Å². The van der Waals surface area contributed by atoms with Gasteiger partial charge in [-0.3, -0.25) is 4.98 Å². The normalized spacial score (nSPS) is 25.7. The van der Waals surface area contributed by atoms with Crippen molar-refractivity contribution >= 4 is 0 Å². The molecule has 0 amide bonds. The van der Waals surface area contributed by atoms with Crippen LogP contribution in [0.15, 0.2) is 18.3 Å². The Kier molecular flexibility index (Phi) is 3.85. The Bertz CT molecular complexity index is 431. The lowest BCUT2D eigenvalue weighted by Gasteiger charge is -2.34. The Morgan fingerprint density at radius 3 is 3.00 bits per heavy atom. The van der Waals surface area contributed by atoms with Gasteiger partial charge in [-0.2, -0.15) is 0 Å². The van der Waals surface area contributed by atoms with E-state index in [1.54, 1.807) is 0 Å². The molecule has 1 aromatic heterocycles. The number of fused-ring (bicyclic) bond motifs is 1. The van der Waals surface area contributed by atoms with Gasteiger partial charge in [0.15, 0.2) is 0 Å². The number of hydrogen-bond donors (Lipinski definition) is 1. The molecule has 3 heteroatoms. The first kappa shape index (κ1) is 13.1. The van der Waals surface area contributed by atoms with Crippen molar-refractivity contribution in [2.45, 2.75) is 57.1 Å². The summed E-state index contributed by atoms with van der Waals surface area (Å²) in [6.07, 6.45) is 8.21. The predicted molar refractivity (Wildman–Crippen MR) is 76.0 cm³/mol. The van der Waals surface area contributed by atoms with Crippen LogP contribution in [0.25, 0.3) is 0 Å². The van der Waals surface area contributed by atoms with Crippen LogP contribution in [-0.2, 0) is 11.2 Å². The van der Waals surface area contributed by atoms with Crippen LogP contribution >= 0.6 is 0 Å². The molecule has 1 saturated carbocycles. The Labute approximate surface area is 115 Å². The highest BCUT2D eigenvalue weighted by Gasteiger charge is 2.40. The Balaban J connectivity index is 1.81. The SMILES string of the molecule is CCOC(C1CC1)C(N)C1CCCc2cccnc21. The zero-order valence-electron chi connectivity index (χ0n) is 11.7. The molecule has 3 rings (SSSR count). The number of nitrogens with two attached hydrogens (primary N) is 1. The zero-order chi connectivity index (χ0) is 13.2. The van der Waals surface area contributed by atoms with E-state index in [0.717, 1.165) is 19.4 Å². The van der Waals surface area contributed by atoms with Crippen LogP contribution in [-0.4, -0.2) is 23.7 Å². The topological polar surface area (TPSA) is 48.1 Å². The second-order valence-electron chi connectivity index (χ2n) is 5.88. The number of nitrogens with zero attached hydrogens (tertiary/aromatic N) is 1. The summed E-state index contributed by atoms with van der Waals surface area (Å²) in [6.45, 7) is 2.83. The van der Waals surface area contributed by atoms with Crippen LogP contribution in [0, 0.1) is 5.92 Å². The lowest BCUT2D eigenvalue weighted by Crippen LogP contribution is -2.44. The fourth-order valence-electron chi connectivity index (χ4n) is 3.43. The van der Waals surface area contributed by atoms with Crippen molar-refractivity contribution in [3.8, 4) is 0 Å². The van der Waals surface area contributed by atoms with Crippen molar-refractivity contribution in [1.29, 1.82) is 0 Å². The molecule has 1 aromatic rings. The summed E-state index contributed by atoms with van der Waals surface area (Å²) in [6, 6.07) is 4.34. The zero-order valence-corrected chi connectivity index (χ0v) is 11.7. The second kappa shape index (κ2) is 5.59. The Morgan fingerprint density at radius 2 is 2.26 bits per heavy atom. The minimum atomic E-state index is 0.0985. The molecule has 0 aromatic carbocycles. The van der Waals surface area contributed by atoms with Gasteiger partial charge >= 0.3 is 0 Å². The first-order valence-corrected chi connectivity index (χ1v) is 7.62. The molecule has 0 spiro atoms. The van der Waals surface area contributed by atoms with Gasteiger partial charge in [-0.15, -0.1) is 0 Å². The minimum Gasteiger partial charge on any atom is -0.377 e. The number of aromatic nitrogens is 1. The van der Waals surface area contributed by atoms with Gasteiger partial charge in [-0.1, -0.05) is 6.07 Å². The summed E-state index contributed by atoms with van der Waals surface area (Å²) in [5, 5.41) is 0. The molecule has 2 aliphatic carbocycles. The summed E-state index contributed by atoms with van der Waals surface area (Å²) < 4.78 is 5.94. The molecule has 3 atom stereocenters. The van der Waals surface area contributed by atoms with Crippen molar-refractivity contribution in [1.82, 2.24) is 4.98 Å². The number of pyridine rings is 1. The highest BCUT2D eigenvalue weighted by atomic mass is 16.5. The van der Waals surface area contributed by atoms with Crippen LogP contribution < -0.4 is 5.73 Å². The molecule has 1 heterocycles. The molecule has 104 valence electrons. The third-order valence-electron chi connectivity index (χ3n) is 4.53. The maximum absolute atomic E-state index is 6.57. The summed E-state index contributed by atoms with van der Waals surface area (Å²) in [7, 11) is 0. The number of rotatable bonds is 5. The smallest absolute Gasteiger partial charge is 0.0760 e. The first-order valence-electron chi connectivity index (χ1n) is 7.62.